The Morgan fingerprint density at radius 2 is 1.85 bits per heavy atom. The second kappa shape index (κ2) is 10.7. The average Bonchev–Trinajstić information content (AvgIpc) is 3.15. The van der Waals surface area contributed by atoms with Gasteiger partial charge in [0.05, 0.1) is 29.5 Å². The summed E-state index contributed by atoms with van der Waals surface area (Å²) in [7, 11) is 0. The first-order valence-electron chi connectivity index (χ1n) is 10.2. The highest BCUT2D eigenvalue weighted by Crippen LogP contribution is 2.33. The number of halogens is 3. The van der Waals surface area contributed by atoms with Crippen LogP contribution in [0.5, 0.6) is 0 Å². The largest absolute Gasteiger partial charge is 0.755 e. The number of esters is 1. The quantitative estimate of drug-likeness (QED) is 0.379. The van der Waals surface area contributed by atoms with Gasteiger partial charge in [-0.3, -0.25) is 9.00 Å². The average molecular weight is 496 g/mol. The minimum Gasteiger partial charge on any atom is -0.755 e. The van der Waals surface area contributed by atoms with Gasteiger partial charge < -0.3 is 24.6 Å². The Bertz CT molecular complexity index is 1120. The summed E-state index contributed by atoms with van der Waals surface area (Å²) in [6.45, 7) is 1.75. The molecular formula is C22H21F3N3O5S-. The van der Waals surface area contributed by atoms with Crippen molar-refractivity contribution in [2.75, 3.05) is 16.6 Å². The maximum absolute atomic E-state index is 13.1. The van der Waals surface area contributed by atoms with Crippen molar-refractivity contribution in [1.29, 1.82) is 0 Å². The van der Waals surface area contributed by atoms with E-state index < -0.39 is 40.9 Å². The summed E-state index contributed by atoms with van der Waals surface area (Å²) in [5.41, 5.74) is 0.216. The van der Waals surface area contributed by atoms with Crippen molar-refractivity contribution in [3.63, 3.8) is 0 Å². The van der Waals surface area contributed by atoms with Crippen molar-refractivity contribution in [1.82, 2.24) is 5.32 Å². The number of carbonyl (C=O) groups excluding carboxylic acids is 2. The number of hydrogen-bond donors (Lipinski definition) is 3. The van der Waals surface area contributed by atoms with Crippen molar-refractivity contribution in [3.8, 4) is 0 Å². The summed E-state index contributed by atoms with van der Waals surface area (Å²) in [5, 5.41) is 5.63. The molecule has 12 heteroatoms. The van der Waals surface area contributed by atoms with Gasteiger partial charge in [-0.1, -0.05) is 6.07 Å². The number of amides is 1. The van der Waals surface area contributed by atoms with Crippen molar-refractivity contribution in [2.45, 2.75) is 32.0 Å². The molecule has 2 aromatic carbocycles. The van der Waals surface area contributed by atoms with Crippen molar-refractivity contribution in [2.24, 2.45) is 0 Å². The molecule has 0 heterocycles. The van der Waals surface area contributed by atoms with Crippen LogP contribution in [0.4, 0.5) is 24.5 Å². The first kappa shape index (κ1) is 25.2. The lowest BCUT2D eigenvalue weighted by molar-refractivity contribution is -0.139. The van der Waals surface area contributed by atoms with Gasteiger partial charge in [-0.05, 0) is 62.2 Å². The van der Waals surface area contributed by atoms with E-state index in [-0.39, 0.29) is 41.2 Å². The standard InChI is InChI=1S/C22H22F3N3O5S/c1-2-33-21(30)17-10-11-18(26-16-5-3-4-14(12-16)22(23,24)25)19(17)27-20(29)13-6-8-15(9-7-13)28-34(31)32/h3-9,12,18,26,28H,2,10-11H2,1H3,(H,27,29)(H,31,32)/p-1. The molecule has 3 N–H and O–H groups in total. The maximum atomic E-state index is 13.1. The SMILES string of the molecule is CCOC(=O)C1=C(NC(=O)c2ccc(NS(=O)[O-])cc2)C(Nc2cccc(C(F)(F)F)c2)CC1. The molecule has 2 aromatic rings. The molecule has 0 radical (unpaired) electrons. The fourth-order valence-electron chi connectivity index (χ4n) is 3.48. The predicted octanol–water partition coefficient (Wildman–Crippen LogP) is 3.73. The van der Waals surface area contributed by atoms with E-state index in [4.69, 9.17) is 4.74 Å². The van der Waals surface area contributed by atoms with Crippen molar-refractivity contribution in [3.05, 3.63) is 70.9 Å². The Morgan fingerprint density at radius 1 is 1.15 bits per heavy atom. The lowest BCUT2D eigenvalue weighted by atomic mass is 10.1. The molecule has 0 bridgehead atoms. The van der Waals surface area contributed by atoms with Crippen LogP contribution < -0.4 is 15.4 Å². The van der Waals surface area contributed by atoms with E-state index in [0.29, 0.717) is 6.42 Å². The zero-order valence-electron chi connectivity index (χ0n) is 17.9. The van der Waals surface area contributed by atoms with Crippen LogP contribution in [-0.4, -0.2) is 33.3 Å². The van der Waals surface area contributed by atoms with Gasteiger partial charge in [0.25, 0.3) is 5.91 Å². The summed E-state index contributed by atoms with van der Waals surface area (Å²) < 4.78 is 67.9. The molecule has 0 saturated carbocycles. The van der Waals surface area contributed by atoms with Crippen LogP contribution in [0.1, 0.15) is 35.7 Å². The number of carbonyl (C=O) groups is 2. The normalized spacial score (nSPS) is 16.7. The van der Waals surface area contributed by atoms with Gasteiger partial charge in [0.15, 0.2) is 0 Å². The summed E-state index contributed by atoms with van der Waals surface area (Å²) in [5.74, 6) is -1.20. The van der Waals surface area contributed by atoms with Crippen LogP contribution in [0, 0.1) is 0 Å². The molecule has 1 amide bonds. The Kier molecular flexibility index (Phi) is 7.94. The molecule has 2 atom stereocenters. The third-order valence-corrected chi connectivity index (χ3v) is 5.41. The number of nitrogens with one attached hydrogen (secondary N) is 3. The van der Waals surface area contributed by atoms with Crippen molar-refractivity contribution >= 4 is 34.5 Å². The lowest BCUT2D eigenvalue weighted by Crippen LogP contribution is -2.33. The van der Waals surface area contributed by atoms with Crippen LogP contribution in [0.2, 0.25) is 0 Å². The van der Waals surface area contributed by atoms with Crippen LogP contribution in [0.15, 0.2) is 59.8 Å². The molecule has 0 aliphatic heterocycles. The Hall–Kier alpha value is -3.38. The van der Waals surface area contributed by atoms with Gasteiger partial charge >= 0.3 is 12.1 Å². The number of alkyl halides is 3. The molecule has 34 heavy (non-hydrogen) atoms. The van der Waals surface area contributed by atoms with Gasteiger partial charge in [0.2, 0.25) is 0 Å². The molecule has 1 aliphatic carbocycles. The van der Waals surface area contributed by atoms with Gasteiger partial charge in [-0.25, -0.2) is 4.79 Å². The third-order valence-electron chi connectivity index (χ3n) is 5.01. The molecular weight excluding hydrogens is 475 g/mol. The number of rotatable bonds is 8. The summed E-state index contributed by atoms with van der Waals surface area (Å²) in [4.78, 5) is 25.3. The number of ether oxygens (including phenoxy) is 1. The topological polar surface area (TPSA) is 120 Å². The van der Waals surface area contributed by atoms with Crippen LogP contribution in [0.3, 0.4) is 0 Å². The number of anilines is 2. The van der Waals surface area contributed by atoms with Gasteiger partial charge in [-0.2, -0.15) is 13.2 Å². The minimum atomic E-state index is -4.52. The summed E-state index contributed by atoms with van der Waals surface area (Å²) in [6, 6.07) is 9.53. The molecule has 0 saturated heterocycles. The molecule has 182 valence electrons. The van der Waals surface area contributed by atoms with Gasteiger partial charge in [0.1, 0.15) is 0 Å². The fourth-order valence-corrected chi connectivity index (χ4v) is 3.81. The Morgan fingerprint density at radius 3 is 2.47 bits per heavy atom. The van der Waals surface area contributed by atoms with Crippen LogP contribution in [0.25, 0.3) is 0 Å². The second-order valence-corrected chi connectivity index (χ2v) is 7.97. The van der Waals surface area contributed by atoms with E-state index in [0.717, 1.165) is 12.1 Å². The van der Waals surface area contributed by atoms with E-state index in [9.17, 15) is 31.5 Å². The Balaban J connectivity index is 1.85. The Labute approximate surface area is 196 Å². The van der Waals surface area contributed by atoms with Crippen LogP contribution in [-0.2, 0) is 27.0 Å². The first-order valence-corrected chi connectivity index (χ1v) is 11.3. The second-order valence-electron chi connectivity index (χ2n) is 7.30. The lowest BCUT2D eigenvalue weighted by Gasteiger charge is -2.20. The maximum Gasteiger partial charge on any atom is 0.416 e. The van der Waals surface area contributed by atoms with E-state index in [1.165, 1.54) is 36.4 Å². The molecule has 0 aromatic heterocycles. The molecule has 2 unspecified atom stereocenters. The molecule has 1 aliphatic rings. The highest BCUT2D eigenvalue weighted by atomic mass is 32.2. The predicted molar refractivity (Wildman–Crippen MR) is 118 cm³/mol. The zero-order valence-corrected chi connectivity index (χ0v) is 18.7. The van der Waals surface area contributed by atoms with Crippen molar-refractivity contribution < 1.29 is 36.3 Å². The van der Waals surface area contributed by atoms with E-state index >= 15 is 0 Å². The van der Waals surface area contributed by atoms with Gasteiger partial charge in [-0.15, -0.1) is 0 Å². The minimum absolute atomic E-state index is 0.116. The molecule has 0 fully saturated rings. The van der Waals surface area contributed by atoms with E-state index in [2.05, 4.69) is 15.4 Å². The fraction of sp³-hybridized carbons (Fsp3) is 0.273. The first-order chi connectivity index (χ1) is 16.1. The number of benzene rings is 2. The van der Waals surface area contributed by atoms with Gasteiger partial charge in [0, 0.05) is 28.2 Å². The highest BCUT2D eigenvalue weighted by molar-refractivity contribution is 7.80. The third kappa shape index (κ3) is 6.35. The van der Waals surface area contributed by atoms with E-state index in [1.54, 1.807) is 6.92 Å². The van der Waals surface area contributed by atoms with Crippen LogP contribution >= 0.6 is 0 Å². The summed E-state index contributed by atoms with van der Waals surface area (Å²) >= 11 is -2.52. The van der Waals surface area contributed by atoms with E-state index in [1.807, 2.05) is 0 Å². The monoisotopic (exact) mass is 496 g/mol. The highest BCUT2D eigenvalue weighted by Gasteiger charge is 2.33. The molecule has 3 rings (SSSR count). The number of hydrogen-bond acceptors (Lipinski definition) is 6. The molecule has 8 nitrogen and oxygen atoms in total. The zero-order chi connectivity index (χ0) is 24.9. The smallest absolute Gasteiger partial charge is 0.416 e. The molecule has 0 spiro atoms. The summed E-state index contributed by atoms with van der Waals surface area (Å²) in [6.07, 6.45) is -3.92.